The van der Waals surface area contributed by atoms with Gasteiger partial charge in [0, 0.05) is 0 Å². The fourth-order valence-electron chi connectivity index (χ4n) is 1.33. The quantitative estimate of drug-likeness (QED) is 0.615. The molecule has 0 saturated carbocycles. The summed E-state index contributed by atoms with van der Waals surface area (Å²) in [5.41, 5.74) is 0. The first kappa shape index (κ1) is 8.65. The first-order chi connectivity index (χ1) is 5.22. The summed E-state index contributed by atoms with van der Waals surface area (Å²) in [5.74, 6) is -0.236. The molecule has 11 heavy (non-hydrogen) atoms. The Kier molecular flexibility index (Phi) is 3.00. The van der Waals surface area contributed by atoms with Crippen LogP contribution < -0.4 is 0 Å². The number of halogens is 2. The molecule has 2 atom stereocenters. The Morgan fingerprint density at radius 3 is 2.55 bits per heavy atom. The van der Waals surface area contributed by atoms with Crippen molar-refractivity contribution in [2.75, 3.05) is 0 Å². The van der Waals surface area contributed by atoms with Gasteiger partial charge in [-0.15, -0.1) is 0 Å². The van der Waals surface area contributed by atoms with E-state index >= 15 is 0 Å². The zero-order valence-electron chi connectivity index (χ0n) is 6.21. The normalized spacial score (nSPS) is 27.5. The van der Waals surface area contributed by atoms with Crippen molar-refractivity contribution in [2.45, 2.75) is 31.8 Å². The van der Waals surface area contributed by atoms with Crippen LogP contribution in [0.5, 0.6) is 0 Å². The molecule has 0 aromatic heterocycles. The van der Waals surface area contributed by atoms with E-state index in [4.69, 9.17) is 5.11 Å². The molecule has 1 aliphatic carbocycles. The van der Waals surface area contributed by atoms with Crippen molar-refractivity contribution in [2.24, 2.45) is 5.92 Å². The minimum Gasteiger partial charge on any atom is -0.387 e. The van der Waals surface area contributed by atoms with Crippen LogP contribution >= 0.6 is 0 Å². The van der Waals surface area contributed by atoms with Gasteiger partial charge in [0.2, 0.25) is 0 Å². The van der Waals surface area contributed by atoms with Crippen LogP contribution in [0.3, 0.4) is 0 Å². The van der Waals surface area contributed by atoms with Gasteiger partial charge in [0.05, 0.1) is 0 Å². The number of aliphatic hydroxyl groups excluding tert-OH is 1. The van der Waals surface area contributed by atoms with Crippen LogP contribution in [0.15, 0.2) is 12.2 Å². The molecular weight excluding hydrogens is 150 g/mol. The van der Waals surface area contributed by atoms with E-state index < -0.39 is 12.5 Å². The average Bonchev–Trinajstić information content (AvgIpc) is 2.05. The summed E-state index contributed by atoms with van der Waals surface area (Å²) >= 11 is 0. The van der Waals surface area contributed by atoms with Gasteiger partial charge in [-0.05, 0) is 25.2 Å². The fourth-order valence-corrected chi connectivity index (χ4v) is 1.33. The second-order valence-corrected chi connectivity index (χ2v) is 2.87. The Morgan fingerprint density at radius 1 is 1.36 bits per heavy atom. The zero-order valence-corrected chi connectivity index (χ0v) is 6.21. The van der Waals surface area contributed by atoms with Crippen LogP contribution in [-0.2, 0) is 0 Å². The molecule has 0 spiro atoms. The molecule has 1 N–H and O–H groups in total. The minimum absolute atomic E-state index is 0.236. The van der Waals surface area contributed by atoms with Gasteiger partial charge in [-0.25, -0.2) is 8.78 Å². The molecule has 2 unspecified atom stereocenters. The number of aliphatic hydroxyl groups is 1. The summed E-state index contributed by atoms with van der Waals surface area (Å²) in [5, 5.41) is 8.97. The second-order valence-electron chi connectivity index (χ2n) is 2.87. The molecule has 1 rings (SSSR count). The molecule has 0 amide bonds. The molecule has 0 fully saturated rings. The Labute approximate surface area is 64.7 Å². The van der Waals surface area contributed by atoms with E-state index in [2.05, 4.69) is 0 Å². The average molecular weight is 162 g/mol. The first-order valence-corrected chi connectivity index (χ1v) is 3.83. The van der Waals surface area contributed by atoms with E-state index in [-0.39, 0.29) is 5.92 Å². The standard InChI is InChI=1S/C8H12F2O/c9-8(10)7(11)6-4-2-1-3-5-6/h1-2,6-8,11H,3-5H2. The lowest BCUT2D eigenvalue weighted by atomic mass is 9.90. The Hall–Kier alpha value is -0.440. The van der Waals surface area contributed by atoms with Gasteiger partial charge in [-0.3, -0.25) is 0 Å². The summed E-state index contributed by atoms with van der Waals surface area (Å²) in [6, 6.07) is 0. The first-order valence-electron chi connectivity index (χ1n) is 3.83. The highest BCUT2D eigenvalue weighted by Crippen LogP contribution is 2.24. The monoisotopic (exact) mass is 162 g/mol. The molecule has 0 aromatic rings. The number of rotatable bonds is 2. The van der Waals surface area contributed by atoms with E-state index in [0.717, 1.165) is 6.42 Å². The van der Waals surface area contributed by atoms with Crippen LogP contribution in [0.25, 0.3) is 0 Å². The van der Waals surface area contributed by atoms with Crippen molar-refractivity contribution in [1.29, 1.82) is 0 Å². The summed E-state index contributed by atoms with van der Waals surface area (Å²) in [6.07, 6.45) is 1.89. The van der Waals surface area contributed by atoms with E-state index in [9.17, 15) is 8.78 Å². The van der Waals surface area contributed by atoms with Gasteiger partial charge in [0.15, 0.2) is 0 Å². The Bertz CT molecular complexity index is 145. The van der Waals surface area contributed by atoms with E-state index in [1.165, 1.54) is 0 Å². The van der Waals surface area contributed by atoms with Gasteiger partial charge in [0.25, 0.3) is 6.43 Å². The topological polar surface area (TPSA) is 20.2 Å². The molecule has 0 heterocycles. The lowest BCUT2D eigenvalue weighted by Crippen LogP contribution is -2.28. The van der Waals surface area contributed by atoms with Crippen molar-refractivity contribution < 1.29 is 13.9 Å². The largest absolute Gasteiger partial charge is 0.387 e. The fraction of sp³-hybridized carbons (Fsp3) is 0.750. The predicted octanol–water partition coefficient (Wildman–Crippen LogP) is 1.97. The third-order valence-electron chi connectivity index (χ3n) is 2.05. The molecule has 0 aromatic carbocycles. The third-order valence-corrected chi connectivity index (χ3v) is 2.05. The van der Waals surface area contributed by atoms with Crippen LogP contribution in [0.4, 0.5) is 8.78 Å². The summed E-state index contributed by atoms with van der Waals surface area (Å²) in [4.78, 5) is 0. The molecule has 0 saturated heterocycles. The maximum Gasteiger partial charge on any atom is 0.264 e. The van der Waals surface area contributed by atoms with Gasteiger partial charge in [0.1, 0.15) is 6.10 Å². The highest BCUT2D eigenvalue weighted by Gasteiger charge is 2.26. The third kappa shape index (κ3) is 2.26. The number of hydrogen-bond donors (Lipinski definition) is 1. The zero-order chi connectivity index (χ0) is 8.27. The summed E-state index contributed by atoms with van der Waals surface area (Å²) in [7, 11) is 0. The molecule has 1 nitrogen and oxygen atoms in total. The Morgan fingerprint density at radius 2 is 2.09 bits per heavy atom. The minimum atomic E-state index is -2.59. The van der Waals surface area contributed by atoms with Gasteiger partial charge < -0.3 is 5.11 Å². The van der Waals surface area contributed by atoms with Crippen molar-refractivity contribution in [3.05, 3.63) is 12.2 Å². The lowest BCUT2D eigenvalue weighted by Gasteiger charge is -2.22. The van der Waals surface area contributed by atoms with Gasteiger partial charge in [-0.1, -0.05) is 12.2 Å². The summed E-state index contributed by atoms with van der Waals surface area (Å²) in [6.45, 7) is 0. The van der Waals surface area contributed by atoms with Crippen molar-refractivity contribution in [3.63, 3.8) is 0 Å². The molecule has 3 heteroatoms. The molecule has 0 radical (unpaired) electrons. The van der Waals surface area contributed by atoms with Crippen LogP contribution in [-0.4, -0.2) is 17.6 Å². The smallest absolute Gasteiger partial charge is 0.264 e. The number of allylic oxidation sites excluding steroid dienone is 2. The van der Waals surface area contributed by atoms with E-state index in [1.807, 2.05) is 12.2 Å². The molecule has 1 aliphatic rings. The SMILES string of the molecule is OC(C(F)F)C1CC=CCC1. The lowest BCUT2D eigenvalue weighted by molar-refractivity contribution is -0.0406. The maximum absolute atomic E-state index is 11.9. The highest BCUT2D eigenvalue weighted by atomic mass is 19.3. The van der Waals surface area contributed by atoms with Crippen LogP contribution in [0.2, 0.25) is 0 Å². The van der Waals surface area contributed by atoms with Crippen LogP contribution in [0.1, 0.15) is 19.3 Å². The molecule has 0 bridgehead atoms. The molecule has 64 valence electrons. The highest BCUT2D eigenvalue weighted by molar-refractivity contribution is 4.92. The van der Waals surface area contributed by atoms with Crippen LogP contribution in [0, 0.1) is 5.92 Å². The Balaban J connectivity index is 2.40. The van der Waals surface area contributed by atoms with Crippen molar-refractivity contribution >= 4 is 0 Å². The van der Waals surface area contributed by atoms with E-state index in [0.29, 0.717) is 12.8 Å². The maximum atomic E-state index is 11.9. The molecule has 0 aliphatic heterocycles. The van der Waals surface area contributed by atoms with Crippen molar-refractivity contribution in [1.82, 2.24) is 0 Å². The second kappa shape index (κ2) is 3.81. The van der Waals surface area contributed by atoms with Gasteiger partial charge >= 0.3 is 0 Å². The summed E-state index contributed by atoms with van der Waals surface area (Å²) < 4.78 is 23.9. The number of hydrogen-bond acceptors (Lipinski definition) is 1. The number of alkyl halides is 2. The van der Waals surface area contributed by atoms with Crippen molar-refractivity contribution in [3.8, 4) is 0 Å². The van der Waals surface area contributed by atoms with E-state index in [1.54, 1.807) is 0 Å². The molecular formula is C8H12F2O. The predicted molar refractivity (Wildman–Crippen MR) is 38.5 cm³/mol. The van der Waals surface area contributed by atoms with Gasteiger partial charge in [-0.2, -0.15) is 0 Å².